The summed E-state index contributed by atoms with van der Waals surface area (Å²) < 4.78 is 0.753. The van der Waals surface area contributed by atoms with Crippen molar-refractivity contribution in [2.24, 2.45) is 5.73 Å². The van der Waals surface area contributed by atoms with E-state index in [0.29, 0.717) is 12.0 Å². The zero-order chi connectivity index (χ0) is 10.7. The van der Waals surface area contributed by atoms with Crippen molar-refractivity contribution in [1.29, 1.82) is 0 Å². The SMILES string of the molecule is Cl.N[C@H](CCO)c1cc(Br)cc(Cl)c1O. The van der Waals surface area contributed by atoms with Crippen molar-refractivity contribution in [2.45, 2.75) is 12.5 Å². The first-order chi connectivity index (χ1) is 6.56. The minimum atomic E-state index is -0.407. The molecule has 0 aliphatic carbocycles. The number of nitrogens with two attached hydrogens (primary N) is 1. The Hall–Kier alpha value is -0.000000000000000111. The lowest BCUT2D eigenvalue weighted by molar-refractivity contribution is 0.275. The Labute approximate surface area is 108 Å². The average Bonchev–Trinajstić information content (AvgIpc) is 2.11. The molecule has 0 radical (unpaired) electrons. The van der Waals surface area contributed by atoms with Gasteiger partial charge in [0.2, 0.25) is 0 Å². The van der Waals surface area contributed by atoms with E-state index in [4.69, 9.17) is 22.4 Å². The number of benzene rings is 1. The molecule has 0 saturated heterocycles. The van der Waals surface area contributed by atoms with Gasteiger partial charge >= 0.3 is 0 Å². The highest BCUT2D eigenvalue weighted by Gasteiger charge is 2.13. The summed E-state index contributed by atoms with van der Waals surface area (Å²) in [7, 11) is 0. The molecule has 86 valence electrons. The fourth-order valence-corrected chi connectivity index (χ4v) is 2.00. The Morgan fingerprint density at radius 3 is 2.60 bits per heavy atom. The second-order valence-corrected chi connectivity index (χ2v) is 4.27. The minimum Gasteiger partial charge on any atom is -0.506 e. The molecule has 0 unspecified atom stereocenters. The van der Waals surface area contributed by atoms with Crippen LogP contribution in [0.2, 0.25) is 5.02 Å². The molecule has 4 N–H and O–H groups in total. The molecular weight excluding hydrogens is 305 g/mol. The van der Waals surface area contributed by atoms with Crippen LogP contribution in [0.25, 0.3) is 0 Å². The third-order valence-electron chi connectivity index (χ3n) is 1.90. The Balaban J connectivity index is 0.00000196. The smallest absolute Gasteiger partial charge is 0.139 e. The van der Waals surface area contributed by atoms with Crippen LogP contribution >= 0.6 is 39.9 Å². The van der Waals surface area contributed by atoms with E-state index in [1.807, 2.05) is 0 Å². The Bertz CT molecular complexity index is 336. The highest BCUT2D eigenvalue weighted by Crippen LogP contribution is 2.34. The highest BCUT2D eigenvalue weighted by molar-refractivity contribution is 9.10. The maximum atomic E-state index is 9.60. The Morgan fingerprint density at radius 1 is 1.47 bits per heavy atom. The molecule has 1 rings (SSSR count). The van der Waals surface area contributed by atoms with E-state index in [1.165, 1.54) is 0 Å². The van der Waals surface area contributed by atoms with Crippen LogP contribution in [-0.2, 0) is 0 Å². The van der Waals surface area contributed by atoms with Gasteiger partial charge in [-0.25, -0.2) is 0 Å². The van der Waals surface area contributed by atoms with Gasteiger partial charge in [-0.15, -0.1) is 12.4 Å². The van der Waals surface area contributed by atoms with Gasteiger partial charge in [0, 0.05) is 22.7 Å². The summed E-state index contributed by atoms with van der Waals surface area (Å²) in [5.41, 5.74) is 6.28. The maximum Gasteiger partial charge on any atom is 0.139 e. The van der Waals surface area contributed by atoms with E-state index in [2.05, 4.69) is 15.9 Å². The predicted molar refractivity (Wildman–Crippen MR) is 66.7 cm³/mol. The van der Waals surface area contributed by atoms with Crippen molar-refractivity contribution in [1.82, 2.24) is 0 Å². The molecule has 6 heteroatoms. The van der Waals surface area contributed by atoms with E-state index in [1.54, 1.807) is 12.1 Å². The summed E-state index contributed by atoms with van der Waals surface area (Å²) in [5.74, 6) is -0.0178. The van der Waals surface area contributed by atoms with E-state index < -0.39 is 6.04 Å². The van der Waals surface area contributed by atoms with E-state index in [9.17, 15) is 5.11 Å². The molecule has 1 aromatic carbocycles. The van der Waals surface area contributed by atoms with Crippen molar-refractivity contribution >= 4 is 39.9 Å². The molecule has 3 nitrogen and oxygen atoms in total. The molecule has 0 fully saturated rings. The topological polar surface area (TPSA) is 66.5 Å². The zero-order valence-electron chi connectivity index (χ0n) is 7.78. The van der Waals surface area contributed by atoms with Crippen molar-refractivity contribution in [3.05, 3.63) is 27.2 Å². The lowest BCUT2D eigenvalue weighted by Crippen LogP contribution is -2.12. The fraction of sp³-hybridized carbons (Fsp3) is 0.333. The molecule has 0 aliphatic rings. The van der Waals surface area contributed by atoms with Crippen LogP contribution in [0.15, 0.2) is 16.6 Å². The van der Waals surface area contributed by atoms with Gasteiger partial charge in [0.05, 0.1) is 5.02 Å². The highest BCUT2D eigenvalue weighted by atomic mass is 79.9. The third kappa shape index (κ3) is 3.81. The molecule has 1 atom stereocenters. The molecule has 0 spiro atoms. The van der Waals surface area contributed by atoms with Crippen LogP contribution in [-0.4, -0.2) is 16.8 Å². The molecule has 0 bridgehead atoms. The monoisotopic (exact) mass is 315 g/mol. The molecule has 0 aliphatic heterocycles. The molecule has 0 aromatic heterocycles. The second-order valence-electron chi connectivity index (χ2n) is 2.94. The van der Waals surface area contributed by atoms with Crippen LogP contribution in [0, 0.1) is 0 Å². The number of aliphatic hydroxyl groups excluding tert-OH is 1. The lowest BCUT2D eigenvalue weighted by atomic mass is 10.0. The number of aromatic hydroxyl groups is 1. The van der Waals surface area contributed by atoms with Gasteiger partial charge in [-0.1, -0.05) is 27.5 Å². The van der Waals surface area contributed by atoms with E-state index in [0.717, 1.165) is 4.47 Å². The summed E-state index contributed by atoms with van der Waals surface area (Å²) in [6, 6.07) is 2.88. The number of phenolic OH excluding ortho intramolecular Hbond substituents is 1. The van der Waals surface area contributed by atoms with Gasteiger partial charge in [-0.05, 0) is 18.6 Å². The predicted octanol–water partition coefficient (Wildman–Crippen LogP) is 2.61. The fourth-order valence-electron chi connectivity index (χ4n) is 1.16. The summed E-state index contributed by atoms with van der Waals surface area (Å²) in [6.45, 7) is -0.0231. The number of aliphatic hydroxyl groups is 1. The first-order valence-corrected chi connectivity index (χ1v) is 5.27. The van der Waals surface area contributed by atoms with Crippen LogP contribution in [0.4, 0.5) is 0 Å². The molecule has 1 aromatic rings. The van der Waals surface area contributed by atoms with Gasteiger partial charge in [0.25, 0.3) is 0 Å². The quantitative estimate of drug-likeness (QED) is 0.803. The largest absolute Gasteiger partial charge is 0.506 e. The van der Waals surface area contributed by atoms with Crippen LogP contribution in [0.1, 0.15) is 18.0 Å². The Morgan fingerprint density at radius 2 is 2.07 bits per heavy atom. The molecule has 0 amide bonds. The maximum absolute atomic E-state index is 9.60. The first-order valence-electron chi connectivity index (χ1n) is 4.10. The molecule has 15 heavy (non-hydrogen) atoms. The first kappa shape index (κ1) is 15.0. The van der Waals surface area contributed by atoms with E-state index in [-0.39, 0.29) is 29.8 Å². The second kappa shape index (κ2) is 6.55. The third-order valence-corrected chi connectivity index (χ3v) is 2.64. The number of hydrogen-bond donors (Lipinski definition) is 3. The summed E-state index contributed by atoms with van der Waals surface area (Å²) in [4.78, 5) is 0. The number of phenols is 1. The number of halogens is 3. The normalized spacial score (nSPS) is 12.0. The van der Waals surface area contributed by atoms with Crippen molar-refractivity contribution in [3.8, 4) is 5.75 Å². The van der Waals surface area contributed by atoms with Crippen LogP contribution in [0.5, 0.6) is 5.75 Å². The molecule has 0 saturated carbocycles. The average molecular weight is 317 g/mol. The standard InChI is InChI=1S/C9H11BrClNO2.ClH/c10-5-3-6(8(12)1-2-13)9(14)7(11)4-5;/h3-4,8,13-14H,1-2,12H2;1H/t8-;/m1./s1. The summed E-state index contributed by atoms with van der Waals surface area (Å²) in [5, 5.41) is 18.6. The van der Waals surface area contributed by atoms with Gasteiger partial charge in [-0.2, -0.15) is 0 Å². The van der Waals surface area contributed by atoms with Crippen molar-refractivity contribution in [3.63, 3.8) is 0 Å². The molecular formula is C9H12BrCl2NO2. The van der Waals surface area contributed by atoms with Gasteiger partial charge in [0.1, 0.15) is 5.75 Å². The number of rotatable bonds is 3. The Kier molecular flexibility index (Phi) is 6.55. The minimum absolute atomic E-state index is 0. The zero-order valence-corrected chi connectivity index (χ0v) is 10.9. The van der Waals surface area contributed by atoms with Gasteiger partial charge < -0.3 is 15.9 Å². The van der Waals surface area contributed by atoms with Crippen LogP contribution < -0.4 is 5.73 Å². The molecule has 0 heterocycles. The van der Waals surface area contributed by atoms with Gasteiger partial charge in [0.15, 0.2) is 0 Å². The summed E-state index contributed by atoms with van der Waals surface area (Å²) in [6.07, 6.45) is 0.389. The summed E-state index contributed by atoms with van der Waals surface area (Å²) >= 11 is 9.02. The lowest BCUT2D eigenvalue weighted by Gasteiger charge is -2.13. The van der Waals surface area contributed by atoms with Crippen molar-refractivity contribution in [2.75, 3.05) is 6.61 Å². The van der Waals surface area contributed by atoms with Gasteiger partial charge in [-0.3, -0.25) is 0 Å². The van der Waals surface area contributed by atoms with E-state index >= 15 is 0 Å². The van der Waals surface area contributed by atoms with Crippen LogP contribution in [0.3, 0.4) is 0 Å². The van der Waals surface area contributed by atoms with Crippen molar-refractivity contribution < 1.29 is 10.2 Å². The number of hydrogen-bond acceptors (Lipinski definition) is 3.